The number of amides is 2. The molecule has 6 heteroatoms. The Morgan fingerprint density at radius 1 is 1.04 bits per heavy atom. The lowest BCUT2D eigenvalue weighted by atomic mass is 9.94. The molecular formula is C21H27N3O3. The average molecular weight is 369 g/mol. The van der Waals surface area contributed by atoms with Gasteiger partial charge in [-0.2, -0.15) is 0 Å². The van der Waals surface area contributed by atoms with Crippen LogP contribution < -0.4 is 5.73 Å². The van der Waals surface area contributed by atoms with Crippen molar-refractivity contribution in [2.45, 2.75) is 26.8 Å². The number of hydrogen-bond acceptors (Lipinski definition) is 4. The lowest BCUT2D eigenvalue weighted by Crippen LogP contribution is -2.52. The van der Waals surface area contributed by atoms with E-state index in [1.165, 1.54) is 0 Å². The van der Waals surface area contributed by atoms with Crippen LogP contribution in [0.15, 0.2) is 40.8 Å². The minimum absolute atomic E-state index is 0.0359. The number of hydrogen-bond donors (Lipinski definition) is 1. The van der Waals surface area contributed by atoms with E-state index in [4.69, 9.17) is 10.2 Å². The summed E-state index contributed by atoms with van der Waals surface area (Å²) in [5.41, 5.74) is 7.85. The second-order valence-electron chi connectivity index (χ2n) is 7.17. The Bertz CT molecular complexity index is 807. The van der Waals surface area contributed by atoms with Gasteiger partial charge < -0.3 is 20.0 Å². The second kappa shape index (κ2) is 7.96. The van der Waals surface area contributed by atoms with Crippen molar-refractivity contribution in [3.05, 3.63) is 59.0 Å². The monoisotopic (exact) mass is 369 g/mol. The van der Waals surface area contributed by atoms with E-state index in [0.29, 0.717) is 37.5 Å². The molecule has 0 aliphatic carbocycles. The SMILES string of the molecule is Cc1cc(C(=O)N2CCN(C(=O)C(C)C(N)c3ccccc3)CC2)c(C)o1. The maximum absolute atomic E-state index is 12.8. The molecule has 2 heterocycles. The molecule has 2 amide bonds. The van der Waals surface area contributed by atoms with Crippen molar-refractivity contribution in [2.24, 2.45) is 11.7 Å². The maximum atomic E-state index is 12.8. The van der Waals surface area contributed by atoms with Gasteiger partial charge in [-0.1, -0.05) is 37.3 Å². The minimum atomic E-state index is -0.338. The molecule has 6 nitrogen and oxygen atoms in total. The van der Waals surface area contributed by atoms with Crippen LogP contribution in [0.5, 0.6) is 0 Å². The summed E-state index contributed by atoms with van der Waals surface area (Å²) < 4.78 is 5.46. The molecule has 0 radical (unpaired) electrons. The zero-order chi connectivity index (χ0) is 19.6. The van der Waals surface area contributed by atoms with Gasteiger partial charge in [0.15, 0.2) is 0 Å². The third-order valence-corrected chi connectivity index (χ3v) is 5.26. The number of nitrogens with two attached hydrogens (primary N) is 1. The first-order valence-electron chi connectivity index (χ1n) is 9.34. The first-order valence-corrected chi connectivity index (χ1v) is 9.34. The Balaban J connectivity index is 1.59. The van der Waals surface area contributed by atoms with E-state index in [1.54, 1.807) is 17.9 Å². The van der Waals surface area contributed by atoms with Crippen molar-refractivity contribution in [3.8, 4) is 0 Å². The van der Waals surface area contributed by atoms with Gasteiger partial charge in [0.05, 0.1) is 11.5 Å². The first-order chi connectivity index (χ1) is 12.9. The van der Waals surface area contributed by atoms with Crippen LogP contribution in [0.25, 0.3) is 0 Å². The molecule has 1 aromatic heterocycles. The molecule has 144 valence electrons. The molecule has 1 aromatic carbocycles. The standard InChI is InChI=1S/C21H27N3O3/c1-14-13-18(16(3)27-14)21(26)24-11-9-23(10-12-24)20(25)15(2)19(22)17-7-5-4-6-8-17/h4-8,13,15,19H,9-12,22H2,1-3H3. The lowest BCUT2D eigenvalue weighted by Gasteiger charge is -2.36. The summed E-state index contributed by atoms with van der Waals surface area (Å²) in [5.74, 6) is 1.06. The molecule has 1 aliphatic rings. The fraction of sp³-hybridized carbons (Fsp3) is 0.429. The molecule has 1 aliphatic heterocycles. The number of carbonyl (C=O) groups is 2. The van der Waals surface area contributed by atoms with E-state index < -0.39 is 0 Å². The highest BCUT2D eigenvalue weighted by molar-refractivity contribution is 5.95. The van der Waals surface area contributed by atoms with Crippen LogP contribution in [0.2, 0.25) is 0 Å². The number of aryl methyl sites for hydroxylation is 2. The van der Waals surface area contributed by atoms with Gasteiger partial charge >= 0.3 is 0 Å². The number of rotatable bonds is 4. The normalized spacial score (nSPS) is 16.9. The Labute approximate surface area is 159 Å². The van der Waals surface area contributed by atoms with E-state index in [2.05, 4.69) is 0 Å². The molecule has 2 unspecified atom stereocenters. The van der Waals surface area contributed by atoms with Gasteiger partial charge in [0.2, 0.25) is 5.91 Å². The summed E-state index contributed by atoms with van der Waals surface area (Å²) in [6.07, 6.45) is 0. The Morgan fingerprint density at radius 3 is 2.19 bits per heavy atom. The van der Waals surface area contributed by atoms with Crippen molar-refractivity contribution in [1.29, 1.82) is 0 Å². The average Bonchev–Trinajstić information content (AvgIpc) is 3.04. The first kappa shape index (κ1) is 19.2. The fourth-order valence-electron chi connectivity index (χ4n) is 3.55. The largest absolute Gasteiger partial charge is 0.466 e. The van der Waals surface area contributed by atoms with Crippen LogP contribution in [0.4, 0.5) is 0 Å². The van der Waals surface area contributed by atoms with Gasteiger partial charge in [-0.25, -0.2) is 0 Å². The summed E-state index contributed by atoms with van der Waals surface area (Å²) in [5, 5.41) is 0. The highest BCUT2D eigenvalue weighted by Gasteiger charge is 2.31. The van der Waals surface area contributed by atoms with Crippen LogP contribution in [0.3, 0.4) is 0 Å². The molecule has 3 rings (SSSR count). The molecule has 2 atom stereocenters. The number of furan rings is 1. The van der Waals surface area contributed by atoms with Crippen molar-refractivity contribution >= 4 is 11.8 Å². The van der Waals surface area contributed by atoms with Crippen LogP contribution >= 0.6 is 0 Å². The second-order valence-corrected chi connectivity index (χ2v) is 7.17. The highest BCUT2D eigenvalue weighted by Crippen LogP contribution is 2.22. The maximum Gasteiger partial charge on any atom is 0.257 e. The summed E-state index contributed by atoms with van der Waals surface area (Å²) in [4.78, 5) is 29.1. The minimum Gasteiger partial charge on any atom is -0.466 e. The van der Waals surface area contributed by atoms with E-state index in [9.17, 15) is 9.59 Å². The Kier molecular flexibility index (Phi) is 5.65. The quantitative estimate of drug-likeness (QED) is 0.898. The molecule has 1 saturated heterocycles. The van der Waals surface area contributed by atoms with E-state index >= 15 is 0 Å². The Hall–Kier alpha value is -2.60. The molecule has 27 heavy (non-hydrogen) atoms. The summed E-state index contributed by atoms with van der Waals surface area (Å²) in [6.45, 7) is 7.57. The van der Waals surface area contributed by atoms with E-state index in [1.807, 2.05) is 49.1 Å². The summed E-state index contributed by atoms with van der Waals surface area (Å²) in [7, 11) is 0. The summed E-state index contributed by atoms with van der Waals surface area (Å²) in [6, 6.07) is 11.1. The Morgan fingerprint density at radius 2 is 1.63 bits per heavy atom. The molecule has 1 fully saturated rings. The van der Waals surface area contributed by atoms with Crippen LogP contribution in [-0.2, 0) is 4.79 Å². The van der Waals surface area contributed by atoms with Gasteiger partial charge in [-0.3, -0.25) is 9.59 Å². The van der Waals surface area contributed by atoms with Gasteiger partial charge in [-0.15, -0.1) is 0 Å². The number of carbonyl (C=O) groups excluding carboxylic acids is 2. The fourth-order valence-corrected chi connectivity index (χ4v) is 3.55. The van der Waals surface area contributed by atoms with Gasteiger partial charge in [0.1, 0.15) is 11.5 Å². The predicted octanol–water partition coefficient (Wildman–Crippen LogP) is 2.52. The van der Waals surface area contributed by atoms with E-state index in [0.717, 1.165) is 11.3 Å². The highest BCUT2D eigenvalue weighted by atomic mass is 16.3. The zero-order valence-electron chi connectivity index (χ0n) is 16.1. The van der Waals surface area contributed by atoms with Crippen molar-refractivity contribution in [2.75, 3.05) is 26.2 Å². The van der Waals surface area contributed by atoms with Crippen molar-refractivity contribution in [1.82, 2.24) is 9.80 Å². The van der Waals surface area contributed by atoms with Crippen LogP contribution in [-0.4, -0.2) is 47.8 Å². The summed E-state index contributed by atoms with van der Waals surface area (Å²) >= 11 is 0. The molecule has 2 aromatic rings. The number of nitrogens with zero attached hydrogens (tertiary/aromatic N) is 2. The lowest BCUT2D eigenvalue weighted by molar-refractivity contribution is -0.137. The number of piperazine rings is 1. The van der Waals surface area contributed by atoms with Crippen molar-refractivity contribution in [3.63, 3.8) is 0 Å². The van der Waals surface area contributed by atoms with Crippen molar-refractivity contribution < 1.29 is 14.0 Å². The molecule has 0 spiro atoms. The zero-order valence-corrected chi connectivity index (χ0v) is 16.1. The number of benzene rings is 1. The molecule has 2 N–H and O–H groups in total. The molecular weight excluding hydrogens is 342 g/mol. The van der Waals surface area contributed by atoms with E-state index in [-0.39, 0.29) is 23.8 Å². The van der Waals surface area contributed by atoms with Gasteiger partial charge in [0.25, 0.3) is 5.91 Å². The van der Waals surface area contributed by atoms with Gasteiger partial charge in [-0.05, 0) is 25.5 Å². The van der Waals surface area contributed by atoms with Gasteiger partial charge in [0, 0.05) is 32.2 Å². The predicted molar refractivity (Wildman–Crippen MR) is 103 cm³/mol. The van der Waals surface area contributed by atoms with Crippen LogP contribution in [0.1, 0.15) is 40.4 Å². The molecule has 0 bridgehead atoms. The third-order valence-electron chi connectivity index (χ3n) is 5.26. The smallest absolute Gasteiger partial charge is 0.257 e. The van der Waals surface area contributed by atoms with Crippen LogP contribution in [0, 0.1) is 19.8 Å². The topological polar surface area (TPSA) is 79.8 Å². The third kappa shape index (κ3) is 4.06. The molecule has 0 saturated carbocycles.